The van der Waals surface area contributed by atoms with E-state index in [2.05, 4.69) is 9.97 Å². The summed E-state index contributed by atoms with van der Waals surface area (Å²) in [7, 11) is -2.17. The number of nitrogens with zero attached hydrogens (tertiary/aromatic N) is 4. The van der Waals surface area contributed by atoms with Gasteiger partial charge in [-0.05, 0) is 37.1 Å². The molecule has 0 radical (unpaired) electrons. The van der Waals surface area contributed by atoms with Crippen molar-refractivity contribution in [1.82, 2.24) is 14.3 Å². The highest BCUT2D eigenvalue weighted by Crippen LogP contribution is 2.30. The highest BCUT2D eigenvalue weighted by molar-refractivity contribution is 7.89. The maximum atomic E-state index is 14.0. The number of fused-ring (bicyclic) bond motifs is 1. The monoisotopic (exact) mass is 430 g/mol. The van der Waals surface area contributed by atoms with Gasteiger partial charge in [0.2, 0.25) is 10.0 Å². The summed E-state index contributed by atoms with van der Waals surface area (Å²) in [6.45, 7) is 5.29. The quantitative estimate of drug-likeness (QED) is 0.634. The largest absolute Gasteiger partial charge is 0.494 e. The molecule has 9 heteroatoms. The molecule has 0 unspecified atom stereocenters. The first-order valence-corrected chi connectivity index (χ1v) is 11.1. The zero-order valence-corrected chi connectivity index (χ0v) is 17.9. The second-order valence-electron chi connectivity index (χ2n) is 7.36. The van der Waals surface area contributed by atoms with E-state index in [-0.39, 0.29) is 5.75 Å². The van der Waals surface area contributed by atoms with Gasteiger partial charge < -0.3 is 9.64 Å². The van der Waals surface area contributed by atoms with Crippen molar-refractivity contribution in [2.24, 2.45) is 0 Å². The van der Waals surface area contributed by atoms with Crippen LogP contribution in [0.1, 0.15) is 11.1 Å². The van der Waals surface area contributed by atoms with Crippen LogP contribution in [0, 0.1) is 19.7 Å². The number of aryl methyl sites for hydroxylation is 2. The molecule has 1 aromatic heterocycles. The van der Waals surface area contributed by atoms with Crippen LogP contribution in [0.15, 0.2) is 41.6 Å². The van der Waals surface area contributed by atoms with Crippen molar-refractivity contribution in [3.8, 4) is 5.75 Å². The molecule has 0 bridgehead atoms. The molecule has 0 amide bonds. The van der Waals surface area contributed by atoms with Crippen molar-refractivity contribution in [1.29, 1.82) is 0 Å². The van der Waals surface area contributed by atoms with Crippen LogP contribution < -0.4 is 9.64 Å². The zero-order chi connectivity index (χ0) is 21.5. The first-order chi connectivity index (χ1) is 14.3. The molecule has 7 nitrogen and oxygen atoms in total. The lowest BCUT2D eigenvalue weighted by atomic mass is 10.2. The fourth-order valence-corrected chi connectivity index (χ4v) is 5.45. The number of hydrogen-bond donors (Lipinski definition) is 0. The van der Waals surface area contributed by atoms with Gasteiger partial charge in [0.15, 0.2) is 11.6 Å². The van der Waals surface area contributed by atoms with Crippen molar-refractivity contribution in [3.05, 3.63) is 53.6 Å². The fourth-order valence-electron chi connectivity index (χ4n) is 3.72. The summed E-state index contributed by atoms with van der Waals surface area (Å²) >= 11 is 0. The van der Waals surface area contributed by atoms with Gasteiger partial charge in [0, 0.05) is 37.6 Å². The molecule has 0 saturated carbocycles. The van der Waals surface area contributed by atoms with Gasteiger partial charge in [-0.1, -0.05) is 12.1 Å². The van der Waals surface area contributed by atoms with Gasteiger partial charge in [0.25, 0.3) is 0 Å². The molecule has 1 aliphatic rings. The lowest BCUT2D eigenvalue weighted by Gasteiger charge is -2.35. The van der Waals surface area contributed by atoms with Gasteiger partial charge in [0.05, 0.1) is 17.5 Å². The minimum absolute atomic E-state index is 0.120. The maximum absolute atomic E-state index is 14.0. The lowest BCUT2D eigenvalue weighted by molar-refractivity contribution is 0.383. The Morgan fingerprint density at radius 1 is 1.03 bits per heavy atom. The van der Waals surface area contributed by atoms with Crippen LogP contribution in [-0.2, 0) is 10.0 Å². The van der Waals surface area contributed by atoms with E-state index < -0.39 is 15.8 Å². The number of benzene rings is 2. The number of hydrogen-bond acceptors (Lipinski definition) is 6. The van der Waals surface area contributed by atoms with E-state index in [0.29, 0.717) is 47.8 Å². The molecular formula is C21H23FN4O3S. The van der Waals surface area contributed by atoms with E-state index >= 15 is 0 Å². The van der Waals surface area contributed by atoms with Crippen LogP contribution in [0.2, 0.25) is 0 Å². The first-order valence-electron chi connectivity index (χ1n) is 9.62. The van der Waals surface area contributed by atoms with Gasteiger partial charge >= 0.3 is 0 Å². The Balaban J connectivity index is 1.60. The van der Waals surface area contributed by atoms with Crippen molar-refractivity contribution in [2.75, 3.05) is 38.2 Å². The predicted octanol–water partition coefficient (Wildman–Crippen LogP) is 2.91. The van der Waals surface area contributed by atoms with E-state index in [1.165, 1.54) is 23.8 Å². The van der Waals surface area contributed by atoms with Gasteiger partial charge in [0.1, 0.15) is 12.1 Å². The molecule has 30 heavy (non-hydrogen) atoms. The standard InChI is InChI=1S/C21H23FN4O3S/c1-14-4-5-15(2)20(10-14)30(27,28)26-8-6-25(7-9-26)21-16-11-19(29-3)17(22)12-18(16)23-13-24-21/h4-5,10-13H,6-9H2,1-3H3. The first kappa shape index (κ1) is 20.5. The molecular weight excluding hydrogens is 407 g/mol. The van der Waals surface area contributed by atoms with Crippen molar-refractivity contribution >= 4 is 26.7 Å². The average Bonchev–Trinajstić information content (AvgIpc) is 2.74. The topological polar surface area (TPSA) is 75.6 Å². The number of piperazine rings is 1. The fraction of sp³-hybridized carbons (Fsp3) is 0.333. The molecule has 4 rings (SSSR count). The highest BCUT2D eigenvalue weighted by atomic mass is 32.2. The summed E-state index contributed by atoms with van der Waals surface area (Å²) in [6, 6.07) is 8.36. The summed E-state index contributed by atoms with van der Waals surface area (Å²) in [6.07, 6.45) is 1.39. The SMILES string of the molecule is COc1cc2c(N3CCN(S(=O)(=O)c4cc(C)ccc4C)CC3)ncnc2cc1F. The number of halogens is 1. The second kappa shape index (κ2) is 7.81. The van der Waals surface area contributed by atoms with Crippen molar-refractivity contribution < 1.29 is 17.5 Å². The van der Waals surface area contributed by atoms with Crippen LogP contribution in [0.3, 0.4) is 0 Å². The number of rotatable bonds is 4. The van der Waals surface area contributed by atoms with Gasteiger partial charge in [-0.3, -0.25) is 0 Å². The molecule has 0 spiro atoms. The van der Waals surface area contributed by atoms with Crippen LogP contribution >= 0.6 is 0 Å². The van der Waals surface area contributed by atoms with E-state index in [9.17, 15) is 12.8 Å². The van der Waals surface area contributed by atoms with Gasteiger partial charge in [-0.25, -0.2) is 22.8 Å². The highest BCUT2D eigenvalue weighted by Gasteiger charge is 2.30. The molecule has 0 atom stereocenters. The third kappa shape index (κ3) is 3.59. The molecule has 2 aromatic carbocycles. The normalized spacial score (nSPS) is 15.5. The van der Waals surface area contributed by atoms with E-state index in [1.54, 1.807) is 12.1 Å². The van der Waals surface area contributed by atoms with Crippen LogP contribution in [0.5, 0.6) is 5.75 Å². The molecule has 1 aliphatic heterocycles. The van der Waals surface area contributed by atoms with Crippen LogP contribution in [0.4, 0.5) is 10.2 Å². The Morgan fingerprint density at radius 2 is 1.77 bits per heavy atom. The number of methoxy groups -OCH3 is 1. The Labute approximate surface area is 175 Å². The third-order valence-corrected chi connectivity index (χ3v) is 7.43. The molecule has 2 heterocycles. The number of anilines is 1. The molecule has 3 aromatic rings. The smallest absolute Gasteiger partial charge is 0.243 e. The Bertz CT molecular complexity index is 1210. The third-order valence-electron chi connectivity index (χ3n) is 5.39. The summed E-state index contributed by atoms with van der Waals surface area (Å²) in [5, 5.41) is 0.668. The molecule has 158 valence electrons. The summed E-state index contributed by atoms with van der Waals surface area (Å²) in [5.41, 5.74) is 2.12. The van der Waals surface area contributed by atoms with Crippen molar-refractivity contribution in [2.45, 2.75) is 18.7 Å². The maximum Gasteiger partial charge on any atom is 0.243 e. The summed E-state index contributed by atoms with van der Waals surface area (Å²) in [4.78, 5) is 10.9. The Morgan fingerprint density at radius 3 is 2.47 bits per heavy atom. The van der Waals surface area contributed by atoms with Crippen molar-refractivity contribution in [3.63, 3.8) is 0 Å². The van der Waals surface area contributed by atoms with Crippen LogP contribution in [0.25, 0.3) is 10.9 Å². The lowest BCUT2D eigenvalue weighted by Crippen LogP contribution is -2.49. The van der Waals surface area contributed by atoms with Crippen LogP contribution in [-0.4, -0.2) is 56.0 Å². The zero-order valence-electron chi connectivity index (χ0n) is 17.1. The molecule has 1 saturated heterocycles. The Kier molecular flexibility index (Phi) is 5.33. The number of sulfonamides is 1. The minimum atomic E-state index is -3.58. The Hall–Kier alpha value is -2.78. The minimum Gasteiger partial charge on any atom is -0.494 e. The summed E-state index contributed by atoms with van der Waals surface area (Å²) in [5.74, 6) is 0.274. The van der Waals surface area contributed by atoms with Gasteiger partial charge in [-0.15, -0.1) is 0 Å². The number of ether oxygens (including phenoxy) is 1. The average molecular weight is 431 g/mol. The second-order valence-corrected chi connectivity index (χ2v) is 9.27. The summed E-state index contributed by atoms with van der Waals surface area (Å²) < 4.78 is 46.9. The van der Waals surface area contributed by atoms with E-state index in [1.807, 2.05) is 30.9 Å². The predicted molar refractivity (Wildman–Crippen MR) is 113 cm³/mol. The van der Waals surface area contributed by atoms with Gasteiger partial charge in [-0.2, -0.15) is 4.31 Å². The molecule has 0 N–H and O–H groups in total. The van der Waals surface area contributed by atoms with E-state index in [0.717, 1.165) is 11.1 Å². The molecule has 0 aliphatic carbocycles. The van der Waals surface area contributed by atoms with E-state index in [4.69, 9.17) is 4.74 Å². The number of aromatic nitrogens is 2. The molecule has 1 fully saturated rings.